The molecular formula is C12H13ClN2O2. The number of methoxy groups -OCH3 is 2. The van der Waals surface area contributed by atoms with Gasteiger partial charge in [-0.15, -0.1) is 0 Å². The Morgan fingerprint density at radius 1 is 1.24 bits per heavy atom. The summed E-state index contributed by atoms with van der Waals surface area (Å²) >= 11 is 6.11. The van der Waals surface area contributed by atoms with E-state index in [1.165, 1.54) is 0 Å². The maximum Gasteiger partial charge on any atom is 0.147 e. The zero-order chi connectivity index (χ0) is 12.4. The summed E-state index contributed by atoms with van der Waals surface area (Å²) in [6.45, 7) is 0. The van der Waals surface area contributed by atoms with Gasteiger partial charge in [0, 0.05) is 18.5 Å². The van der Waals surface area contributed by atoms with Crippen molar-refractivity contribution in [3.63, 3.8) is 0 Å². The van der Waals surface area contributed by atoms with Crippen LogP contribution in [0.25, 0.3) is 10.9 Å². The fourth-order valence-corrected chi connectivity index (χ4v) is 1.99. The Kier molecular flexibility index (Phi) is 3.24. The molecule has 0 aliphatic rings. The highest BCUT2D eigenvalue weighted by molar-refractivity contribution is 6.33. The van der Waals surface area contributed by atoms with Crippen molar-refractivity contribution in [2.24, 2.45) is 0 Å². The molecule has 0 radical (unpaired) electrons. The van der Waals surface area contributed by atoms with Gasteiger partial charge in [-0.1, -0.05) is 11.6 Å². The molecule has 0 aliphatic heterocycles. The lowest BCUT2D eigenvalue weighted by Gasteiger charge is -2.12. The number of fused-ring (bicyclic) bond motifs is 1. The van der Waals surface area contributed by atoms with E-state index in [4.69, 9.17) is 21.1 Å². The Morgan fingerprint density at radius 3 is 2.59 bits per heavy atom. The van der Waals surface area contributed by atoms with Gasteiger partial charge in [0.2, 0.25) is 0 Å². The highest BCUT2D eigenvalue weighted by Crippen LogP contribution is 2.38. The van der Waals surface area contributed by atoms with Crippen LogP contribution in [0.15, 0.2) is 18.2 Å². The van der Waals surface area contributed by atoms with Gasteiger partial charge in [0.25, 0.3) is 0 Å². The minimum absolute atomic E-state index is 0.510. The molecule has 0 bridgehead atoms. The molecule has 0 fully saturated rings. The van der Waals surface area contributed by atoms with Gasteiger partial charge in [0.15, 0.2) is 0 Å². The second kappa shape index (κ2) is 4.67. The van der Waals surface area contributed by atoms with E-state index in [9.17, 15) is 0 Å². The molecule has 5 heteroatoms. The van der Waals surface area contributed by atoms with Gasteiger partial charge in [-0.2, -0.15) is 0 Å². The van der Waals surface area contributed by atoms with Gasteiger partial charge in [0.05, 0.1) is 19.2 Å². The van der Waals surface area contributed by atoms with Crippen LogP contribution in [0.3, 0.4) is 0 Å². The van der Waals surface area contributed by atoms with Gasteiger partial charge in [-0.25, -0.2) is 4.98 Å². The van der Waals surface area contributed by atoms with Crippen molar-refractivity contribution in [1.82, 2.24) is 4.98 Å². The molecule has 1 heterocycles. The molecule has 0 saturated carbocycles. The fourth-order valence-electron chi connectivity index (χ4n) is 1.71. The van der Waals surface area contributed by atoms with Crippen LogP contribution in [-0.2, 0) is 0 Å². The number of rotatable bonds is 3. The number of hydrogen-bond donors (Lipinski definition) is 1. The molecular weight excluding hydrogens is 240 g/mol. The number of pyridine rings is 1. The molecule has 1 aromatic heterocycles. The van der Waals surface area contributed by atoms with Crippen molar-refractivity contribution >= 4 is 28.3 Å². The third-order valence-corrected chi connectivity index (χ3v) is 2.81. The van der Waals surface area contributed by atoms with Gasteiger partial charge >= 0.3 is 0 Å². The Labute approximate surface area is 105 Å². The van der Waals surface area contributed by atoms with E-state index in [1.807, 2.05) is 19.2 Å². The normalized spacial score (nSPS) is 10.4. The number of hydrogen-bond acceptors (Lipinski definition) is 4. The summed E-state index contributed by atoms with van der Waals surface area (Å²) in [5.74, 6) is 2.00. The van der Waals surface area contributed by atoms with Crippen LogP contribution >= 0.6 is 11.6 Å². The number of nitrogens with zero attached hydrogens (tertiary/aromatic N) is 1. The summed E-state index contributed by atoms with van der Waals surface area (Å²) in [6, 6.07) is 5.47. The molecule has 0 atom stereocenters. The summed E-state index contributed by atoms with van der Waals surface area (Å²) in [6.07, 6.45) is 0. The Balaban J connectivity index is 2.81. The minimum atomic E-state index is 0.510. The van der Waals surface area contributed by atoms with Gasteiger partial charge in [0.1, 0.15) is 22.8 Å². The lowest BCUT2D eigenvalue weighted by atomic mass is 10.2. The van der Waals surface area contributed by atoms with Crippen LogP contribution in [0.1, 0.15) is 0 Å². The monoisotopic (exact) mass is 252 g/mol. The average Bonchev–Trinajstić information content (AvgIpc) is 2.37. The van der Waals surface area contributed by atoms with Gasteiger partial charge < -0.3 is 14.8 Å². The van der Waals surface area contributed by atoms with E-state index in [-0.39, 0.29) is 0 Å². The van der Waals surface area contributed by atoms with Crippen LogP contribution < -0.4 is 14.8 Å². The first-order valence-electron chi connectivity index (χ1n) is 5.10. The first-order valence-corrected chi connectivity index (χ1v) is 5.48. The zero-order valence-corrected chi connectivity index (χ0v) is 10.6. The first kappa shape index (κ1) is 11.8. The van der Waals surface area contributed by atoms with E-state index in [1.54, 1.807) is 20.3 Å². The molecule has 0 amide bonds. The van der Waals surface area contributed by atoms with Crippen molar-refractivity contribution in [3.05, 3.63) is 23.2 Å². The Bertz CT molecular complexity index is 558. The number of halogens is 1. The van der Waals surface area contributed by atoms with Crippen LogP contribution in [0.5, 0.6) is 11.5 Å². The molecule has 2 aromatic rings. The van der Waals surface area contributed by atoms with E-state index >= 15 is 0 Å². The molecule has 17 heavy (non-hydrogen) atoms. The van der Waals surface area contributed by atoms with Crippen LogP contribution in [0.2, 0.25) is 5.02 Å². The van der Waals surface area contributed by atoms with Gasteiger partial charge in [-0.05, 0) is 12.1 Å². The standard InChI is InChI=1S/C12H13ClN2O2/c1-14-10-5-4-7-11(15-10)9(16-2)6-8(13)12(7)17-3/h4-6H,1-3H3,(H,14,15). The number of nitrogens with one attached hydrogen (secondary N) is 1. The van der Waals surface area contributed by atoms with E-state index < -0.39 is 0 Å². The third-order valence-electron chi connectivity index (χ3n) is 2.53. The predicted octanol–water partition coefficient (Wildman–Crippen LogP) is 2.95. The summed E-state index contributed by atoms with van der Waals surface area (Å²) in [5.41, 5.74) is 0.723. The minimum Gasteiger partial charge on any atom is -0.494 e. The van der Waals surface area contributed by atoms with Crippen LogP contribution in [0, 0.1) is 0 Å². The second-order valence-corrected chi connectivity index (χ2v) is 3.84. The molecule has 0 aliphatic carbocycles. The maximum atomic E-state index is 6.11. The van der Waals surface area contributed by atoms with E-state index in [0.717, 1.165) is 16.7 Å². The maximum absolute atomic E-state index is 6.11. The predicted molar refractivity (Wildman–Crippen MR) is 69.4 cm³/mol. The van der Waals surface area contributed by atoms with Gasteiger partial charge in [-0.3, -0.25) is 0 Å². The van der Waals surface area contributed by atoms with E-state index in [2.05, 4.69) is 10.3 Å². The summed E-state index contributed by atoms with van der Waals surface area (Å²) in [7, 11) is 4.98. The topological polar surface area (TPSA) is 43.4 Å². The molecule has 0 spiro atoms. The quantitative estimate of drug-likeness (QED) is 0.912. The van der Waals surface area contributed by atoms with Crippen molar-refractivity contribution in [2.75, 3.05) is 26.6 Å². The van der Waals surface area contributed by atoms with Crippen molar-refractivity contribution in [2.45, 2.75) is 0 Å². The van der Waals surface area contributed by atoms with Crippen molar-refractivity contribution in [3.8, 4) is 11.5 Å². The molecule has 0 saturated heterocycles. The number of anilines is 1. The molecule has 2 rings (SSSR count). The van der Waals surface area contributed by atoms with E-state index in [0.29, 0.717) is 16.5 Å². The van der Waals surface area contributed by atoms with Crippen LogP contribution in [-0.4, -0.2) is 26.3 Å². The highest BCUT2D eigenvalue weighted by Gasteiger charge is 2.13. The molecule has 90 valence electrons. The summed E-state index contributed by atoms with van der Waals surface area (Å²) in [5, 5.41) is 4.32. The number of aromatic nitrogens is 1. The lowest BCUT2D eigenvalue weighted by Crippen LogP contribution is -1.96. The lowest BCUT2D eigenvalue weighted by molar-refractivity contribution is 0.410. The van der Waals surface area contributed by atoms with Crippen LogP contribution in [0.4, 0.5) is 5.82 Å². The highest BCUT2D eigenvalue weighted by atomic mass is 35.5. The first-order chi connectivity index (χ1) is 8.21. The SMILES string of the molecule is CNc1ccc2c(OC)c(Cl)cc(OC)c2n1. The van der Waals surface area contributed by atoms with Crippen molar-refractivity contribution < 1.29 is 9.47 Å². The molecule has 4 nitrogen and oxygen atoms in total. The molecule has 0 unspecified atom stereocenters. The Hall–Kier alpha value is -1.68. The zero-order valence-electron chi connectivity index (χ0n) is 9.87. The third kappa shape index (κ3) is 1.96. The second-order valence-electron chi connectivity index (χ2n) is 3.44. The largest absolute Gasteiger partial charge is 0.494 e. The van der Waals surface area contributed by atoms with Crippen molar-refractivity contribution in [1.29, 1.82) is 0 Å². The molecule has 1 N–H and O–H groups in total. The average molecular weight is 253 g/mol. The summed E-state index contributed by atoms with van der Waals surface area (Å²) in [4.78, 5) is 4.44. The molecule has 1 aromatic carbocycles. The number of ether oxygens (including phenoxy) is 2. The fraction of sp³-hybridized carbons (Fsp3) is 0.250. The summed E-state index contributed by atoms with van der Waals surface area (Å²) < 4.78 is 10.6. The Morgan fingerprint density at radius 2 is 2.00 bits per heavy atom. The number of benzene rings is 1. The smallest absolute Gasteiger partial charge is 0.147 e.